The van der Waals surface area contributed by atoms with E-state index in [0.717, 1.165) is 11.8 Å². The minimum absolute atomic E-state index is 0.146. The quantitative estimate of drug-likeness (QED) is 0.419. The molecular weight excluding hydrogens is 414 g/mol. The second-order valence-electron chi connectivity index (χ2n) is 9.79. The Morgan fingerprint density at radius 1 is 1.16 bits per heavy atom. The van der Waals surface area contributed by atoms with E-state index in [9.17, 15) is 19.7 Å². The Morgan fingerprint density at radius 2 is 1.84 bits per heavy atom. The summed E-state index contributed by atoms with van der Waals surface area (Å²) < 4.78 is 0. The van der Waals surface area contributed by atoms with E-state index in [1.54, 1.807) is 4.90 Å². The summed E-state index contributed by atoms with van der Waals surface area (Å²) in [6.45, 7) is 0.193. The van der Waals surface area contributed by atoms with Crippen molar-refractivity contribution in [2.75, 3.05) is 23.3 Å². The summed E-state index contributed by atoms with van der Waals surface area (Å²) in [6.07, 6.45) is 8.62. The molecule has 4 N–H and O–H groups in total. The predicted molar refractivity (Wildman–Crippen MR) is 116 cm³/mol. The second-order valence-corrected chi connectivity index (χ2v) is 9.79. The van der Waals surface area contributed by atoms with Gasteiger partial charge in [0.2, 0.25) is 23.5 Å². The van der Waals surface area contributed by atoms with Crippen LogP contribution >= 0.6 is 0 Å². The van der Waals surface area contributed by atoms with Gasteiger partial charge in [-0.1, -0.05) is 0 Å². The van der Waals surface area contributed by atoms with Gasteiger partial charge >= 0.3 is 5.69 Å². The van der Waals surface area contributed by atoms with Gasteiger partial charge in [0, 0.05) is 12.6 Å². The molecule has 0 spiro atoms. The highest BCUT2D eigenvalue weighted by Gasteiger charge is 2.49. The normalized spacial score (nSPS) is 32.7. The first-order valence-electron chi connectivity index (χ1n) is 11.5. The maximum Gasteiger partial charge on any atom is 0.353 e. The monoisotopic (exact) mass is 443 g/mol. The van der Waals surface area contributed by atoms with Crippen molar-refractivity contribution in [2.24, 2.45) is 29.4 Å². The van der Waals surface area contributed by atoms with Crippen LogP contribution in [0.2, 0.25) is 0 Å². The molecule has 32 heavy (non-hydrogen) atoms. The average Bonchev–Trinajstić information content (AvgIpc) is 3.23. The highest BCUT2D eigenvalue weighted by molar-refractivity contribution is 5.90. The van der Waals surface area contributed by atoms with Gasteiger partial charge in [-0.15, -0.1) is 0 Å². The molecule has 1 aromatic rings. The van der Waals surface area contributed by atoms with E-state index in [0.29, 0.717) is 31.2 Å². The van der Waals surface area contributed by atoms with Crippen LogP contribution in [0.5, 0.6) is 0 Å². The molecular formula is C21H29N7O4. The molecule has 172 valence electrons. The molecule has 2 amide bonds. The third kappa shape index (κ3) is 3.73. The molecule has 1 unspecified atom stereocenters. The van der Waals surface area contributed by atoms with Crippen molar-refractivity contribution < 1.29 is 14.5 Å². The van der Waals surface area contributed by atoms with Gasteiger partial charge in [0.05, 0.1) is 11.5 Å². The van der Waals surface area contributed by atoms with Crippen LogP contribution in [0.4, 0.5) is 17.3 Å². The third-order valence-electron chi connectivity index (χ3n) is 7.78. The molecule has 4 saturated carbocycles. The molecule has 1 aliphatic heterocycles. The van der Waals surface area contributed by atoms with Crippen molar-refractivity contribution in [1.29, 1.82) is 0 Å². The van der Waals surface area contributed by atoms with Gasteiger partial charge in [0.25, 0.3) is 0 Å². The molecule has 1 saturated heterocycles. The third-order valence-corrected chi connectivity index (χ3v) is 7.78. The molecule has 4 bridgehead atoms. The van der Waals surface area contributed by atoms with Gasteiger partial charge in [-0.2, -0.15) is 0 Å². The Hall–Kier alpha value is -2.98. The molecule has 0 aromatic carbocycles. The SMILES string of the molecule is NC(=O)CNC(=O)C1CCCN1c1ncnc(NC2C3CC4CC(C3)CC2C4)c1[N+](=O)[O-]. The molecule has 5 aliphatic rings. The number of hydrogen-bond donors (Lipinski definition) is 3. The fraction of sp³-hybridized carbons (Fsp3) is 0.714. The van der Waals surface area contributed by atoms with Crippen LogP contribution in [0.1, 0.15) is 44.9 Å². The Labute approximate surface area is 185 Å². The van der Waals surface area contributed by atoms with Gasteiger partial charge in [0.1, 0.15) is 12.4 Å². The maximum absolute atomic E-state index is 12.6. The van der Waals surface area contributed by atoms with Gasteiger partial charge in [-0.25, -0.2) is 9.97 Å². The second kappa shape index (κ2) is 8.18. The Morgan fingerprint density at radius 3 is 2.47 bits per heavy atom. The van der Waals surface area contributed by atoms with E-state index in [1.165, 1.54) is 38.4 Å². The predicted octanol–water partition coefficient (Wildman–Crippen LogP) is 1.19. The van der Waals surface area contributed by atoms with Crippen LogP contribution in [-0.2, 0) is 9.59 Å². The van der Waals surface area contributed by atoms with Crippen molar-refractivity contribution in [3.05, 3.63) is 16.4 Å². The standard InChI is InChI=1S/C21H29N7O4/c22-16(29)9-23-21(30)15-2-1-3-27(15)20-18(28(31)32)19(24-10-25-20)26-17-13-5-11-4-12(7-13)8-14(17)6-11/h10-15,17H,1-9H2,(H2,22,29)(H,23,30)(H,24,25,26). The van der Waals surface area contributed by atoms with Crippen LogP contribution in [0.25, 0.3) is 0 Å². The van der Waals surface area contributed by atoms with Crippen molar-refractivity contribution in [3.8, 4) is 0 Å². The lowest BCUT2D eigenvalue weighted by Crippen LogP contribution is -2.51. The van der Waals surface area contributed by atoms with Gasteiger partial charge < -0.3 is 21.3 Å². The number of carbonyl (C=O) groups excluding carboxylic acids is 2. The van der Waals surface area contributed by atoms with E-state index in [4.69, 9.17) is 5.73 Å². The van der Waals surface area contributed by atoms with Crippen LogP contribution in [0, 0.1) is 33.8 Å². The molecule has 0 radical (unpaired) electrons. The lowest BCUT2D eigenvalue weighted by Gasteiger charge is -2.54. The minimum Gasteiger partial charge on any atom is -0.368 e. The minimum atomic E-state index is -0.642. The van der Waals surface area contributed by atoms with Gasteiger partial charge in [-0.05, 0) is 68.6 Å². The molecule has 6 rings (SSSR count). The number of nitrogens with two attached hydrogens (primary N) is 1. The van der Waals surface area contributed by atoms with Gasteiger partial charge in [-0.3, -0.25) is 19.7 Å². The average molecular weight is 444 g/mol. The number of hydrogen-bond acceptors (Lipinski definition) is 8. The van der Waals surface area contributed by atoms with Crippen LogP contribution in [0.15, 0.2) is 6.33 Å². The summed E-state index contributed by atoms with van der Waals surface area (Å²) in [5.41, 5.74) is 4.94. The van der Waals surface area contributed by atoms with Crippen molar-refractivity contribution >= 4 is 29.1 Å². The maximum atomic E-state index is 12.6. The molecule has 5 fully saturated rings. The number of nitrogens with zero attached hydrogens (tertiary/aromatic N) is 4. The number of anilines is 2. The summed E-state index contributed by atoms with van der Waals surface area (Å²) in [6, 6.07) is -0.450. The lowest BCUT2D eigenvalue weighted by atomic mass is 9.54. The summed E-state index contributed by atoms with van der Waals surface area (Å²) in [7, 11) is 0. The van der Waals surface area contributed by atoms with Crippen LogP contribution in [0.3, 0.4) is 0 Å². The van der Waals surface area contributed by atoms with Crippen molar-refractivity contribution in [2.45, 2.75) is 57.0 Å². The molecule has 1 atom stereocenters. The first-order chi connectivity index (χ1) is 15.4. The number of aromatic nitrogens is 2. The van der Waals surface area contributed by atoms with Crippen molar-refractivity contribution in [1.82, 2.24) is 15.3 Å². The number of primary amides is 1. The molecule has 11 nitrogen and oxygen atoms in total. The number of rotatable bonds is 7. The number of carbonyl (C=O) groups is 2. The fourth-order valence-electron chi connectivity index (χ4n) is 6.76. The zero-order valence-corrected chi connectivity index (χ0v) is 17.9. The highest BCUT2D eigenvalue weighted by atomic mass is 16.6. The summed E-state index contributed by atoms with van der Waals surface area (Å²) in [5, 5.41) is 18.1. The smallest absolute Gasteiger partial charge is 0.353 e. The molecule has 4 aliphatic carbocycles. The Bertz CT molecular complexity index is 911. The van der Waals surface area contributed by atoms with Crippen LogP contribution in [-0.4, -0.2) is 51.9 Å². The molecule has 1 aromatic heterocycles. The number of amides is 2. The van der Waals surface area contributed by atoms with Gasteiger partial charge in [0.15, 0.2) is 0 Å². The fourth-order valence-corrected chi connectivity index (χ4v) is 6.76. The molecule has 11 heteroatoms. The van der Waals surface area contributed by atoms with Crippen LogP contribution < -0.4 is 21.3 Å². The number of nitro groups is 1. The zero-order chi connectivity index (χ0) is 22.4. The summed E-state index contributed by atoms with van der Waals surface area (Å²) in [4.78, 5) is 45.4. The lowest BCUT2D eigenvalue weighted by molar-refractivity contribution is -0.383. The highest BCUT2D eigenvalue weighted by Crippen LogP contribution is 2.54. The molecule has 2 heterocycles. The van der Waals surface area contributed by atoms with E-state index in [-0.39, 0.29) is 35.8 Å². The Kier molecular flexibility index (Phi) is 5.34. The Balaban J connectivity index is 1.41. The van der Waals surface area contributed by atoms with E-state index in [1.807, 2.05) is 0 Å². The zero-order valence-electron chi connectivity index (χ0n) is 17.9. The van der Waals surface area contributed by atoms with E-state index in [2.05, 4.69) is 20.6 Å². The van der Waals surface area contributed by atoms with E-state index >= 15 is 0 Å². The topological polar surface area (TPSA) is 156 Å². The van der Waals surface area contributed by atoms with Crippen molar-refractivity contribution in [3.63, 3.8) is 0 Å². The largest absolute Gasteiger partial charge is 0.368 e. The first kappa shape index (κ1) is 20.9. The summed E-state index contributed by atoms with van der Waals surface area (Å²) in [5.74, 6) is 2.02. The number of nitrogens with one attached hydrogen (secondary N) is 2. The van der Waals surface area contributed by atoms with E-state index < -0.39 is 16.9 Å². The first-order valence-corrected chi connectivity index (χ1v) is 11.5. The summed E-state index contributed by atoms with van der Waals surface area (Å²) >= 11 is 0.